The SMILES string of the molecule is CCC(C)(O)CNC(=O)C1=Cc2cc(Br)ccc2OC1. The van der Waals surface area contributed by atoms with E-state index in [4.69, 9.17) is 4.74 Å². The van der Waals surface area contributed by atoms with Crippen molar-refractivity contribution in [1.82, 2.24) is 5.32 Å². The second-order valence-corrected chi connectivity index (χ2v) is 6.09. The first-order chi connectivity index (χ1) is 9.41. The van der Waals surface area contributed by atoms with Crippen molar-refractivity contribution in [3.63, 3.8) is 0 Å². The maximum absolute atomic E-state index is 12.1. The van der Waals surface area contributed by atoms with Gasteiger partial charge in [0.2, 0.25) is 0 Å². The maximum atomic E-state index is 12.1. The summed E-state index contributed by atoms with van der Waals surface area (Å²) in [4.78, 5) is 12.1. The Morgan fingerprint density at radius 3 is 3.00 bits per heavy atom. The predicted molar refractivity (Wildman–Crippen MR) is 81.5 cm³/mol. The monoisotopic (exact) mass is 339 g/mol. The molecule has 0 radical (unpaired) electrons. The molecule has 4 nitrogen and oxygen atoms in total. The van der Waals surface area contributed by atoms with Crippen LogP contribution in [0.1, 0.15) is 25.8 Å². The fourth-order valence-corrected chi connectivity index (χ4v) is 2.17. The van der Waals surface area contributed by atoms with Crippen LogP contribution in [0.2, 0.25) is 0 Å². The molecule has 1 aliphatic rings. The third-order valence-electron chi connectivity index (χ3n) is 3.37. The molecule has 20 heavy (non-hydrogen) atoms. The van der Waals surface area contributed by atoms with Gasteiger partial charge in [-0.2, -0.15) is 0 Å². The van der Waals surface area contributed by atoms with Crippen molar-refractivity contribution in [3.05, 3.63) is 33.8 Å². The van der Waals surface area contributed by atoms with Crippen LogP contribution < -0.4 is 10.1 Å². The zero-order valence-corrected chi connectivity index (χ0v) is 13.2. The molecule has 2 N–H and O–H groups in total. The van der Waals surface area contributed by atoms with E-state index in [1.807, 2.05) is 31.2 Å². The Kier molecular flexibility index (Phi) is 4.50. The van der Waals surface area contributed by atoms with E-state index < -0.39 is 5.60 Å². The number of halogens is 1. The molecule has 0 aliphatic carbocycles. The molecule has 0 saturated carbocycles. The fraction of sp³-hybridized carbons (Fsp3) is 0.400. The second-order valence-electron chi connectivity index (χ2n) is 5.17. The van der Waals surface area contributed by atoms with E-state index in [1.165, 1.54) is 0 Å². The van der Waals surface area contributed by atoms with Gasteiger partial charge in [0.25, 0.3) is 5.91 Å². The Balaban J connectivity index is 2.08. The van der Waals surface area contributed by atoms with Crippen LogP contribution in [0.5, 0.6) is 5.75 Å². The lowest BCUT2D eigenvalue weighted by Crippen LogP contribution is -2.41. The largest absolute Gasteiger partial charge is 0.488 e. The van der Waals surface area contributed by atoms with E-state index in [9.17, 15) is 9.90 Å². The molecule has 1 aliphatic heterocycles. The summed E-state index contributed by atoms with van der Waals surface area (Å²) in [5.74, 6) is 0.564. The van der Waals surface area contributed by atoms with Gasteiger partial charge >= 0.3 is 0 Å². The Morgan fingerprint density at radius 1 is 1.55 bits per heavy atom. The first kappa shape index (κ1) is 15.1. The Morgan fingerprint density at radius 2 is 2.30 bits per heavy atom. The highest BCUT2D eigenvalue weighted by Crippen LogP contribution is 2.29. The average molecular weight is 340 g/mol. The lowest BCUT2D eigenvalue weighted by atomic mass is 10.0. The molecule has 1 aromatic rings. The summed E-state index contributed by atoms with van der Waals surface area (Å²) in [7, 11) is 0. The van der Waals surface area contributed by atoms with Crippen LogP contribution in [0, 0.1) is 0 Å². The van der Waals surface area contributed by atoms with Gasteiger partial charge in [-0.15, -0.1) is 0 Å². The van der Waals surface area contributed by atoms with Crippen LogP contribution >= 0.6 is 15.9 Å². The molecule has 1 atom stereocenters. The van der Waals surface area contributed by atoms with Crippen LogP contribution in [-0.4, -0.2) is 29.8 Å². The normalized spacial score (nSPS) is 16.5. The molecule has 1 aromatic carbocycles. The minimum absolute atomic E-state index is 0.204. The fourth-order valence-electron chi connectivity index (χ4n) is 1.79. The number of amides is 1. The number of benzene rings is 1. The molecule has 1 amide bonds. The number of fused-ring (bicyclic) bond motifs is 1. The van der Waals surface area contributed by atoms with E-state index in [2.05, 4.69) is 21.2 Å². The minimum atomic E-state index is -0.882. The van der Waals surface area contributed by atoms with Crippen LogP contribution in [0.25, 0.3) is 6.08 Å². The molecular weight excluding hydrogens is 322 g/mol. The molecule has 5 heteroatoms. The molecular formula is C15H18BrNO3. The van der Waals surface area contributed by atoms with Crippen molar-refractivity contribution < 1.29 is 14.6 Å². The molecule has 1 unspecified atom stereocenters. The highest BCUT2D eigenvalue weighted by atomic mass is 79.9. The number of carbonyl (C=O) groups is 1. The molecule has 0 bridgehead atoms. The van der Waals surface area contributed by atoms with Crippen molar-refractivity contribution >= 4 is 27.9 Å². The summed E-state index contributed by atoms with van der Waals surface area (Å²) < 4.78 is 6.49. The van der Waals surface area contributed by atoms with E-state index in [1.54, 1.807) is 6.92 Å². The summed E-state index contributed by atoms with van der Waals surface area (Å²) in [6.45, 7) is 4.05. The third kappa shape index (κ3) is 3.61. The van der Waals surface area contributed by atoms with Crippen molar-refractivity contribution in [3.8, 4) is 5.75 Å². The lowest BCUT2D eigenvalue weighted by molar-refractivity contribution is -0.118. The van der Waals surface area contributed by atoms with Gasteiger partial charge in [0.1, 0.15) is 12.4 Å². The summed E-state index contributed by atoms with van der Waals surface area (Å²) in [6.07, 6.45) is 2.40. The summed E-state index contributed by atoms with van der Waals surface area (Å²) in [6, 6.07) is 5.67. The van der Waals surface area contributed by atoms with Crippen molar-refractivity contribution in [1.29, 1.82) is 0 Å². The first-order valence-corrected chi connectivity index (χ1v) is 7.34. The Labute approximate surface area is 127 Å². The van der Waals surface area contributed by atoms with Crippen LogP contribution in [0.4, 0.5) is 0 Å². The summed E-state index contributed by atoms with van der Waals surface area (Å²) in [5.41, 5.74) is 0.549. The second kappa shape index (κ2) is 5.97. The van der Waals surface area contributed by atoms with Gasteiger partial charge in [0.05, 0.1) is 11.2 Å². The number of aliphatic hydroxyl groups is 1. The van der Waals surface area contributed by atoms with E-state index >= 15 is 0 Å². The quantitative estimate of drug-likeness (QED) is 0.886. The van der Waals surface area contributed by atoms with Crippen LogP contribution in [0.3, 0.4) is 0 Å². The van der Waals surface area contributed by atoms with Gasteiger partial charge < -0.3 is 15.2 Å². The predicted octanol–water partition coefficient (Wildman–Crippen LogP) is 2.50. The summed E-state index contributed by atoms with van der Waals surface area (Å²) in [5, 5.41) is 12.6. The Bertz CT molecular complexity index is 552. The molecule has 0 fully saturated rings. The number of hydrogen-bond acceptors (Lipinski definition) is 3. The van der Waals surface area contributed by atoms with Crippen LogP contribution in [-0.2, 0) is 4.79 Å². The molecule has 2 rings (SSSR count). The topological polar surface area (TPSA) is 58.6 Å². The minimum Gasteiger partial charge on any atom is -0.488 e. The zero-order valence-electron chi connectivity index (χ0n) is 11.6. The smallest absolute Gasteiger partial charge is 0.250 e. The molecule has 1 heterocycles. The number of ether oxygens (including phenoxy) is 1. The van der Waals surface area contributed by atoms with Crippen molar-refractivity contribution in [2.45, 2.75) is 25.9 Å². The highest BCUT2D eigenvalue weighted by molar-refractivity contribution is 9.10. The number of rotatable bonds is 4. The standard InChI is InChI=1S/C15H18BrNO3/c1-3-15(2,19)9-17-14(18)11-6-10-7-12(16)4-5-13(10)20-8-11/h4-7,19H,3,8-9H2,1-2H3,(H,17,18). The van der Waals surface area contributed by atoms with Gasteiger partial charge in [-0.1, -0.05) is 22.9 Å². The average Bonchev–Trinajstić information content (AvgIpc) is 2.44. The van der Waals surface area contributed by atoms with E-state index in [0.717, 1.165) is 15.8 Å². The molecule has 0 spiro atoms. The van der Waals surface area contributed by atoms with Crippen molar-refractivity contribution in [2.24, 2.45) is 0 Å². The summed E-state index contributed by atoms with van der Waals surface area (Å²) >= 11 is 3.40. The van der Waals surface area contributed by atoms with Gasteiger partial charge in [0, 0.05) is 16.6 Å². The van der Waals surface area contributed by atoms with Gasteiger partial charge in [-0.3, -0.25) is 4.79 Å². The van der Waals surface area contributed by atoms with Gasteiger partial charge in [-0.05, 0) is 37.6 Å². The van der Waals surface area contributed by atoms with Gasteiger partial charge in [-0.25, -0.2) is 0 Å². The molecule has 0 aromatic heterocycles. The number of carbonyl (C=O) groups excluding carboxylic acids is 1. The van der Waals surface area contributed by atoms with Gasteiger partial charge in [0.15, 0.2) is 0 Å². The Hall–Kier alpha value is -1.33. The molecule has 0 saturated heterocycles. The zero-order chi connectivity index (χ0) is 14.8. The van der Waals surface area contributed by atoms with E-state index in [0.29, 0.717) is 12.0 Å². The maximum Gasteiger partial charge on any atom is 0.250 e. The molecule has 108 valence electrons. The van der Waals surface area contributed by atoms with Crippen molar-refractivity contribution in [2.75, 3.05) is 13.2 Å². The van der Waals surface area contributed by atoms with E-state index in [-0.39, 0.29) is 19.1 Å². The third-order valence-corrected chi connectivity index (χ3v) is 3.86. The first-order valence-electron chi connectivity index (χ1n) is 6.55. The highest BCUT2D eigenvalue weighted by Gasteiger charge is 2.21. The number of nitrogens with one attached hydrogen (secondary N) is 1. The van der Waals surface area contributed by atoms with Crippen LogP contribution in [0.15, 0.2) is 28.2 Å². The number of hydrogen-bond donors (Lipinski definition) is 2. The lowest BCUT2D eigenvalue weighted by Gasteiger charge is -2.23.